The van der Waals surface area contributed by atoms with E-state index < -0.39 is 5.97 Å². The Morgan fingerprint density at radius 1 is 1.20 bits per heavy atom. The van der Waals surface area contributed by atoms with Crippen molar-refractivity contribution in [2.75, 3.05) is 0 Å². The summed E-state index contributed by atoms with van der Waals surface area (Å²) in [6.45, 7) is 5.11. The molecular weight excluding hydrogens is 290 g/mol. The largest absolute Gasteiger partial charge is 0.481 e. The van der Waals surface area contributed by atoms with E-state index in [0.717, 1.165) is 17.8 Å². The zero-order valence-corrected chi connectivity index (χ0v) is 13.3. The number of nitrogens with one attached hydrogen (secondary N) is 1. The third-order valence-corrected chi connectivity index (χ3v) is 5.08. The van der Waals surface area contributed by atoms with Gasteiger partial charge in [-0.15, -0.1) is 22.7 Å². The van der Waals surface area contributed by atoms with Crippen molar-refractivity contribution in [2.45, 2.75) is 39.3 Å². The number of hydrogen-bond acceptors (Lipinski definition) is 4. The topological polar surface area (TPSA) is 49.3 Å². The van der Waals surface area contributed by atoms with Gasteiger partial charge in [-0.2, -0.15) is 0 Å². The Kier molecular flexibility index (Phi) is 5.34. The summed E-state index contributed by atoms with van der Waals surface area (Å²) in [5.41, 5.74) is 0. The molecule has 2 rings (SSSR count). The molecule has 2 heterocycles. The highest BCUT2D eigenvalue weighted by Gasteiger charge is 2.07. The first-order valence-electron chi connectivity index (χ1n) is 6.61. The number of rotatable bonds is 7. The van der Waals surface area contributed by atoms with E-state index in [4.69, 9.17) is 5.11 Å². The summed E-state index contributed by atoms with van der Waals surface area (Å²) in [4.78, 5) is 15.5. The summed E-state index contributed by atoms with van der Waals surface area (Å²) < 4.78 is 0. The van der Waals surface area contributed by atoms with Crippen molar-refractivity contribution in [1.82, 2.24) is 5.32 Å². The maximum atomic E-state index is 10.6. The predicted octanol–water partition coefficient (Wildman–Crippen LogP) is 3.47. The highest BCUT2D eigenvalue weighted by Crippen LogP contribution is 2.19. The summed E-state index contributed by atoms with van der Waals surface area (Å²) in [5.74, 6) is -0.771. The summed E-state index contributed by atoms with van der Waals surface area (Å²) in [5, 5.41) is 12.2. The quantitative estimate of drug-likeness (QED) is 0.823. The van der Waals surface area contributed by atoms with Gasteiger partial charge in [0, 0.05) is 32.1 Å². The molecule has 0 spiro atoms. The van der Waals surface area contributed by atoms with Crippen molar-refractivity contribution < 1.29 is 9.90 Å². The van der Waals surface area contributed by atoms with E-state index in [1.807, 2.05) is 23.5 Å². The zero-order valence-electron chi connectivity index (χ0n) is 11.7. The van der Waals surface area contributed by atoms with Gasteiger partial charge in [0.2, 0.25) is 0 Å². The molecule has 1 atom stereocenters. The molecule has 2 N–H and O–H groups in total. The minimum Gasteiger partial charge on any atom is -0.481 e. The van der Waals surface area contributed by atoms with Gasteiger partial charge in [0.1, 0.15) is 0 Å². The van der Waals surface area contributed by atoms with E-state index >= 15 is 0 Å². The average Bonchev–Trinajstić information content (AvgIpc) is 2.96. The Hall–Kier alpha value is -1.17. The maximum Gasteiger partial charge on any atom is 0.308 e. The van der Waals surface area contributed by atoms with Gasteiger partial charge < -0.3 is 10.4 Å². The maximum absolute atomic E-state index is 10.6. The van der Waals surface area contributed by atoms with Gasteiger partial charge in [0.25, 0.3) is 0 Å². The van der Waals surface area contributed by atoms with E-state index in [2.05, 4.69) is 31.3 Å². The van der Waals surface area contributed by atoms with Crippen LogP contribution in [0.2, 0.25) is 0 Å². The van der Waals surface area contributed by atoms with E-state index in [-0.39, 0.29) is 6.42 Å². The summed E-state index contributed by atoms with van der Waals surface area (Å²) in [6, 6.07) is 8.68. The van der Waals surface area contributed by atoms with Crippen LogP contribution in [0.1, 0.15) is 26.4 Å². The number of carboxylic acid groups (broad SMARTS) is 1. The number of aryl methyl sites for hydroxylation is 1. The van der Waals surface area contributed by atoms with Gasteiger partial charge in [-0.05, 0) is 44.5 Å². The molecule has 0 bridgehead atoms. The fourth-order valence-electron chi connectivity index (χ4n) is 2.00. The first kappa shape index (κ1) is 15.2. The highest BCUT2D eigenvalue weighted by molar-refractivity contribution is 7.12. The SMILES string of the molecule is Cc1ccc(CC(C)NCc2ccc(CC(=O)O)s2)s1. The van der Waals surface area contributed by atoms with Crippen molar-refractivity contribution in [1.29, 1.82) is 0 Å². The molecule has 2 aromatic rings. The standard InChI is InChI=1S/C15H19NO2S2/c1-10(7-12-4-3-11(2)19-12)16-9-14-6-5-13(20-14)8-15(17)18/h3-6,10,16H,7-9H2,1-2H3,(H,17,18). The van der Waals surface area contributed by atoms with Crippen LogP contribution in [-0.2, 0) is 24.2 Å². The lowest BCUT2D eigenvalue weighted by atomic mass is 10.2. The Balaban J connectivity index is 1.79. The van der Waals surface area contributed by atoms with Gasteiger partial charge in [-0.3, -0.25) is 4.79 Å². The van der Waals surface area contributed by atoms with Crippen LogP contribution in [0.5, 0.6) is 0 Å². The van der Waals surface area contributed by atoms with Gasteiger partial charge in [0.15, 0.2) is 0 Å². The molecule has 0 aliphatic rings. The second kappa shape index (κ2) is 7.02. The third-order valence-electron chi connectivity index (χ3n) is 2.97. The first-order valence-corrected chi connectivity index (χ1v) is 8.24. The molecule has 0 aliphatic heterocycles. The van der Waals surface area contributed by atoms with Crippen molar-refractivity contribution >= 4 is 28.6 Å². The molecule has 5 heteroatoms. The minimum absolute atomic E-state index is 0.120. The second-order valence-corrected chi connectivity index (χ2v) is 7.56. The monoisotopic (exact) mass is 309 g/mol. The molecule has 0 saturated heterocycles. The summed E-state index contributed by atoms with van der Waals surface area (Å²) >= 11 is 3.42. The zero-order chi connectivity index (χ0) is 14.5. The molecule has 0 aromatic carbocycles. The molecule has 3 nitrogen and oxygen atoms in total. The third kappa shape index (κ3) is 4.74. The van der Waals surface area contributed by atoms with E-state index in [1.54, 1.807) is 11.3 Å². The average molecular weight is 309 g/mol. The van der Waals surface area contributed by atoms with Crippen molar-refractivity contribution in [2.24, 2.45) is 0 Å². The molecule has 20 heavy (non-hydrogen) atoms. The lowest BCUT2D eigenvalue weighted by molar-refractivity contribution is -0.136. The second-order valence-electron chi connectivity index (χ2n) is 4.94. The number of thiophene rings is 2. The van der Waals surface area contributed by atoms with Crippen LogP contribution in [0.25, 0.3) is 0 Å². The number of hydrogen-bond donors (Lipinski definition) is 2. The van der Waals surface area contributed by atoms with Crippen LogP contribution in [0.3, 0.4) is 0 Å². The Morgan fingerprint density at radius 3 is 2.55 bits per heavy atom. The van der Waals surface area contributed by atoms with E-state index in [9.17, 15) is 4.79 Å². The Bertz CT molecular complexity index is 574. The van der Waals surface area contributed by atoms with Gasteiger partial charge in [-0.25, -0.2) is 0 Å². The van der Waals surface area contributed by atoms with Crippen LogP contribution < -0.4 is 5.32 Å². The van der Waals surface area contributed by atoms with Crippen molar-refractivity contribution in [3.8, 4) is 0 Å². The fraction of sp³-hybridized carbons (Fsp3) is 0.400. The molecule has 0 saturated carbocycles. The molecule has 2 aromatic heterocycles. The first-order chi connectivity index (χ1) is 9.52. The normalized spacial score (nSPS) is 12.5. The lowest BCUT2D eigenvalue weighted by Gasteiger charge is -2.11. The molecule has 0 aliphatic carbocycles. The van der Waals surface area contributed by atoms with Crippen LogP contribution in [-0.4, -0.2) is 17.1 Å². The van der Waals surface area contributed by atoms with Crippen LogP contribution in [0, 0.1) is 6.92 Å². The van der Waals surface area contributed by atoms with Crippen LogP contribution in [0.15, 0.2) is 24.3 Å². The van der Waals surface area contributed by atoms with Gasteiger partial charge in [0.05, 0.1) is 6.42 Å². The molecule has 0 amide bonds. The molecule has 1 unspecified atom stereocenters. The molecular formula is C15H19NO2S2. The van der Waals surface area contributed by atoms with Crippen molar-refractivity contribution in [3.63, 3.8) is 0 Å². The van der Waals surface area contributed by atoms with Crippen LogP contribution >= 0.6 is 22.7 Å². The van der Waals surface area contributed by atoms with Crippen molar-refractivity contribution in [3.05, 3.63) is 43.8 Å². The Labute approximate surface area is 127 Å². The van der Waals surface area contributed by atoms with E-state index in [0.29, 0.717) is 6.04 Å². The number of carbonyl (C=O) groups is 1. The Morgan fingerprint density at radius 2 is 1.90 bits per heavy atom. The smallest absolute Gasteiger partial charge is 0.308 e. The van der Waals surface area contributed by atoms with Gasteiger partial charge in [-0.1, -0.05) is 0 Å². The highest BCUT2D eigenvalue weighted by atomic mass is 32.1. The van der Waals surface area contributed by atoms with E-state index in [1.165, 1.54) is 14.6 Å². The predicted molar refractivity (Wildman–Crippen MR) is 84.7 cm³/mol. The van der Waals surface area contributed by atoms with Gasteiger partial charge >= 0.3 is 5.97 Å². The minimum atomic E-state index is -0.771. The molecule has 0 radical (unpaired) electrons. The fourth-order valence-corrected chi connectivity index (χ4v) is 3.98. The molecule has 0 fully saturated rings. The summed E-state index contributed by atoms with van der Waals surface area (Å²) in [6.07, 6.45) is 1.15. The number of aliphatic carboxylic acids is 1. The molecule has 108 valence electrons. The number of carboxylic acids is 1. The lowest BCUT2D eigenvalue weighted by Crippen LogP contribution is -2.26. The summed E-state index contributed by atoms with van der Waals surface area (Å²) in [7, 11) is 0. The van der Waals surface area contributed by atoms with Crippen LogP contribution in [0.4, 0.5) is 0 Å².